The number of rotatable bonds is 4. The van der Waals surface area contributed by atoms with Gasteiger partial charge in [-0.15, -0.1) is 10.2 Å². The van der Waals surface area contributed by atoms with Crippen molar-refractivity contribution in [2.75, 3.05) is 13.7 Å². The lowest BCUT2D eigenvalue weighted by molar-refractivity contribution is 0.413. The second-order valence-corrected chi connectivity index (χ2v) is 5.00. The summed E-state index contributed by atoms with van der Waals surface area (Å²) in [6.45, 7) is 0.334. The molecule has 0 aliphatic carbocycles. The number of hydrogen-bond acceptors (Lipinski definition) is 5. The van der Waals surface area contributed by atoms with Crippen molar-refractivity contribution in [1.29, 1.82) is 0 Å². The van der Waals surface area contributed by atoms with E-state index in [1.54, 1.807) is 25.2 Å². The molecule has 0 aliphatic heterocycles. The van der Waals surface area contributed by atoms with E-state index in [1.807, 2.05) is 29.8 Å². The van der Waals surface area contributed by atoms with Gasteiger partial charge in [0.15, 0.2) is 5.16 Å². The van der Waals surface area contributed by atoms with E-state index in [0.29, 0.717) is 6.54 Å². The molecule has 0 bridgehead atoms. The Labute approximate surface area is 122 Å². The zero-order valence-electron chi connectivity index (χ0n) is 11.5. The molecule has 2 N–H and O–H groups in total. The Morgan fingerprint density at radius 3 is 2.95 bits per heavy atom. The third kappa shape index (κ3) is 3.53. The van der Waals surface area contributed by atoms with Gasteiger partial charge in [-0.25, -0.2) is 0 Å². The predicted molar refractivity (Wildman–Crippen MR) is 79.5 cm³/mol. The molecule has 0 radical (unpaired) electrons. The highest BCUT2D eigenvalue weighted by molar-refractivity contribution is 7.98. The minimum absolute atomic E-state index is 0.334. The molecule has 20 heavy (non-hydrogen) atoms. The lowest BCUT2D eigenvalue weighted by atomic mass is 10.1. The fraction of sp³-hybridized carbons (Fsp3) is 0.286. The maximum Gasteiger partial charge on any atom is 0.191 e. The van der Waals surface area contributed by atoms with Crippen LogP contribution in [0, 0.1) is 11.8 Å². The van der Waals surface area contributed by atoms with Crippen LogP contribution >= 0.6 is 11.8 Å². The number of hydrogen-bond donors (Lipinski definition) is 1. The highest BCUT2D eigenvalue weighted by atomic mass is 32.2. The van der Waals surface area contributed by atoms with Gasteiger partial charge < -0.3 is 15.0 Å². The van der Waals surface area contributed by atoms with Crippen LogP contribution in [0.4, 0.5) is 0 Å². The van der Waals surface area contributed by atoms with Crippen molar-refractivity contribution in [3.05, 3.63) is 35.7 Å². The first-order valence-corrected chi connectivity index (χ1v) is 7.05. The van der Waals surface area contributed by atoms with E-state index >= 15 is 0 Å². The van der Waals surface area contributed by atoms with Crippen molar-refractivity contribution in [3.8, 4) is 17.6 Å². The first-order chi connectivity index (χ1) is 9.74. The second-order valence-electron chi connectivity index (χ2n) is 4.05. The van der Waals surface area contributed by atoms with Gasteiger partial charge in [-0.1, -0.05) is 29.7 Å². The van der Waals surface area contributed by atoms with Crippen LogP contribution in [0.25, 0.3) is 0 Å². The average Bonchev–Trinajstić information content (AvgIpc) is 2.88. The second kappa shape index (κ2) is 6.98. The molecule has 2 rings (SSSR count). The van der Waals surface area contributed by atoms with E-state index in [1.165, 1.54) is 0 Å². The van der Waals surface area contributed by atoms with Crippen molar-refractivity contribution in [3.63, 3.8) is 0 Å². The molecule has 0 saturated carbocycles. The topological polar surface area (TPSA) is 66.0 Å². The van der Waals surface area contributed by atoms with Gasteiger partial charge in [0.25, 0.3) is 0 Å². The number of thioether (sulfide) groups is 1. The van der Waals surface area contributed by atoms with Crippen LogP contribution in [-0.2, 0) is 12.8 Å². The molecule has 0 atom stereocenters. The summed E-state index contributed by atoms with van der Waals surface area (Å²) in [6, 6.07) is 5.97. The van der Waals surface area contributed by atoms with E-state index in [4.69, 9.17) is 10.5 Å². The molecule has 0 spiro atoms. The Morgan fingerprint density at radius 1 is 1.45 bits per heavy atom. The fourth-order valence-corrected chi connectivity index (χ4v) is 2.47. The molecular formula is C14H16N4OS. The summed E-state index contributed by atoms with van der Waals surface area (Å²) in [5.74, 6) is 7.44. The third-order valence-corrected chi connectivity index (χ3v) is 3.73. The van der Waals surface area contributed by atoms with Gasteiger partial charge in [-0.05, 0) is 17.7 Å². The van der Waals surface area contributed by atoms with Crippen LogP contribution in [0.5, 0.6) is 5.75 Å². The van der Waals surface area contributed by atoms with Gasteiger partial charge in [0.1, 0.15) is 12.1 Å². The summed E-state index contributed by atoms with van der Waals surface area (Å²) in [5.41, 5.74) is 7.42. The molecule has 0 saturated heterocycles. The molecule has 2 aromatic rings. The van der Waals surface area contributed by atoms with Gasteiger partial charge in [-0.2, -0.15) is 0 Å². The van der Waals surface area contributed by atoms with E-state index in [0.717, 1.165) is 27.8 Å². The van der Waals surface area contributed by atoms with Gasteiger partial charge in [0.2, 0.25) is 0 Å². The monoisotopic (exact) mass is 288 g/mol. The number of ether oxygens (including phenoxy) is 1. The molecular weight excluding hydrogens is 272 g/mol. The summed E-state index contributed by atoms with van der Waals surface area (Å²) in [4.78, 5) is 0. The Morgan fingerprint density at radius 2 is 2.30 bits per heavy atom. The summed E-state index contributed by atoms with van der Waals surface area (Å²) in [6.07, 6.45) is 1.69. The minimum Gasteiger partial charge on any atom is -0.495 e. The number of methoxy groups -OCH3 is 1. The minimum atomic E-state index is 0.334. The predicted octanol–water partition coefficient (Wildman–Crippen LogP) is 1.43. The Bertz CT molecular complexity index is 642. The number of benzene rings is 1. The van der Waals surface area contributed by atoms with Crippen molar-refractivity contribution in [2.24, 2.45) is 12.8 Å². The SMILES string of the molecule is COc1ccc(CSc2nncn2C)cc1C#CCN. The summed E-state index contributed by atoms with van der Waals surface area (Å²) < 4.78 is 7.18. The molecule has 1 aromatic carbocycles. The van der Waals surface area contributed by atoms with E-state index in [2.05, 4.69) is 22.0 Å². The van der Waals surface area contributed by atoms with Crippen LogP contribution in [0.3, 0.4) is 0 Å². The van der Waals surface area contributed by atoms with E-state index < -0.39 is 0 Å². The van der Waals surface area contributed by atoms with Crippen molar-refractivity contribution >= 4 is 11.8 Å². The zero-order chi connectivity index (χ0) is 14.4. The van der Waals surface area contributed by atoms with E-state index in [-0.39, 0.29) is 0 Å². The number of aromatic nitrogens is 3. The smallest absolute Gasteiger partial charge is 0.191 e. The maximum atomic E-state index is 5.41. The Kier molecular flexibility index (Phi) is 5.04. The maximum absolute atomic E-state index is 5.41. The standard InChI is InChI=1S/C14H16N4OS/c1-18-10-16-17-14(18)20-9-11-5-6-13(19-2)12(8-11)4-3-7-15/h5-6,8,10H,7,9,15H2,1-2H3. The zero-order valence-corrected chi connectivity index (χ0v) is 12.3. The first kappa shape index (κ1) is 14.4. The van der Waals surface area contributed by atoms with Crippen LogP contribution in [-0.4, -0.2) is 28.4 Å². The molecule has 0 fully saturated rings. The van der Waals surface area contributed by atoms with Gasteiger partial charge in [0.05, 0.1) is 19.2 Å². The molecule has 0 unspecified atom stereocenters. The summed E-state index contributed by atoms with van der Waals surface area (Å²) >= 11 is 1.63. The molecule has 5 nitrogen and oxygen atoms in total. The molecule has 6 heteroatoms. The van der Waals surface area contributed by atoms with Gasteiger partial charge >= 0.3 is 0 Å². The van der Waals surface area contributed by atoms with Crippen LogP contribution in [0.15, 0.2) is 29.7 Å². The molecule has 0 amide bonds. The van der Waals surface area contributed by atoms with Gasteiger partial charge in [-0.3, -0.25) is 0 Å². The molecule has 0 aliphatic rings. The summed E-state index contributed by atoms with van der Waals surface area (Å²) in [7, 11) is 3.56. The lowest BCUT2D eigenvalue weighted by Gasteiger charge is -2.06. The quantitative estimate of drug-likeness (QED) is 0.681. The lowest BCUT2D eigenvalue weighted by Crippen LogP contribution is -1.95. The molecule has 1 aromatic heterocycles. The molecule has 104 valence electrons. The van der Waals surface area contributed by atoms with Crippen LogP contribution in [0.1, 0.15) is 11.1 Å². The van der Waals surface area contributed by atoms with Crippen LogP contribution < -0.4 is 10.5 Å². The highest BCUT2D eigenvalue weighted by Crippen LogP contribution is 2.24. The average molecular weight is 288 g/mol. The number of aryl methyl sites for hydroxylation is 1. The fourth-order valence-electron chi connectivity index (χ4n) is 1.64. The highest BCUT2D eigenvalue weighted by Gasteiger charge is 2.05. The third-order valence-electron chi connectivity index (χ3n) is 2.63. The first-order valence-electron chi connectivity index (χ1n) is 6.07. The van der Waals surface area contributed by atoms with Crippen molar-refractivity contribution in [1.82, 2.24) is 14.8 Å². The van der Waals surface area contributed by atoms with E-state index in [9.17, 15) is 0 Å². The number of nitrogens with two attached hydrogens (primary N) is 1. The number of nitrogens with zero attached hydrogens (tertiary/aromatic N) is 3. The Balaban J connectivity index is 2.14. The summed E-state index contributed by atoms with van der Waals surface area (Å²) in [5, 5.41) is 8.78. The van der Waals surface area contributed by atoms with Crippen LogP contribution in [0.2, 0.25) is 0 Å². The Hall–Kier alpha value is -1.97. The van der Waals surface area contributed by atoms with Gasteiger partial charge in [0, 0.05) is 12.8 Å². The van der Waals surface area contributed by atoms with Crippen molar-refractivity contribution < 1.29 is 4.74 Å². The largest absolute Gasteiger partial charge is 0.495 e. The molecule has 1 heterocycles. The normalized spacial score (nSPS) is 9.95. The van der Waals surface area contributed by atoms with Crippen molar-refractivity contribution in [2.45, 2.75) is 10.9 Å².